The molecule has 1 aromatic heterocycles. The summed E-state index contributed by atoms with van der Waals surface area (Å²) in [6.07, 6.45) is 0. The number of methoxy groups -OCH3 is 2. The van der Waals surface area contributed by atoms with Crippen molar-refractivity contribution in [3.63, 3.8) is 0 Å². The Kier molecular flexibility index (Phi) is 7.95. The first kappa shape index (κ1) is 23.9. The Bertz CT molecular complexity index is 1070. The van der Waals surface area contributed by atoms with E-state index in [4.69, 9.17) is 9.47 Å². The number of rotatable bonds is 9. The van der Waals surface area contributed by atoms with Gasteiger partial charge in [-0.25, -0.2) is 9.48 Å². The van der Waals surface area contributed by atoms with Gasteiger partial charge in [0.15, 0.2) is 0 Å². The van der Waals surface area contributed by atoms with Gasteiger partial charge in [-0.15, -0.1) is 0 Å². The summed E-state index contributed by atoms with van der Waals surface area (Å²) in [5.74, 6) is 0.842. The molecule has 2 heterocycles. The van der Waals surface area contributed by atoms with Crippen LogP contribution in [0.2, 0.25) is 0 Å². The topological polar surface area (TPSA) is 80.7 Å². The van der Waals surface area contributed by atoms with Gasteiger partial charge < -0.3 is 14.8 Å². The number of anilines is 1. The average molecular weight is 464 g/mol. The summed E-state index contributed by atoms with van der Waals surface area (Å²) < 4.78 is 12.3. The zero-order valence-corrected chi connectivity index (χ0v) is 20.0. The molecule has 0 saturated carbocycles. The van der Waals surface area contributed by atoms with Crippen molar-refractivity contribution in [1.82, 2.24) is 20.0 Å². The second-order valence-corrected chi connectivity index (χ2v) is 8.58. The Morgan fingerprint density at radius 3 is 2.41 bits per heavy atom. The van der Waals surface area contributed by atoms with E-state index < -0.39 is 0 Å². The molecular weight excluding hydrogens is 430 g/mol. The van der Waals surface area contributed by atoms with Crippen molar-refractivity contribution in [3.8, 4) is 5.69 Å². The number of nitrogens with zero attached hydrogens (tertiary/aromatic N) is 3. The summed E-state index contributed by atoms with van der Waals surface area (Å²) in [5, 5.41) is 11.0. The zero-order chi connectivity index (χ0) is 23.9. The van der Waals surface area contributed by atoms with Crippen molar-refractivity contribution in [1.29, 1.82) is 0 Å². The van der Waals surface area contributed by atoms with Crippen LogP contribution in [0.25, 0.3) is 5.69 Å². The highest BCUT2D eigenvalue weighted by Crippen LogP contribution is 2.28. The zero-order valence-electron chi connectivity index (χ0n) is 20.0. The number of para-hydroxylation sites is 1. The Morgan fingerprint density at radius 1 is 1.03 bits per heavy atom. The molecule has 0 spiro atoms. The largest absolute Gasteiger partial charge is 0.383 e. The van der Waals surface area contributed by atoms with E-state index >= 15 is 0 Å². The van der Waals surface area contributed by atoms with Gasteiger partial charge in [0, 0.05) is 45.3 Å². The molecule has 2 aromatic carbocycles. The summed E-state index contributed by atoms with van der Waals surface area (Å²) in [6, 6.07) is 19.9. The van der Waals surface area contributed by atoms with E-state index in [2.05, 4.69) is 32.8 Å². The molecule has 0 aliphatic carbocycles. The van der Waals surface area contributed by atoms with Crippen molar-refractivity contribution >= 4 is 11.8 Å². The van der Waals surface area contributed by atoms with E-state index in [1.165, 1.54) is 5.56 Å². The lowest BCUT2D eigenvalue weighted by Gasteiger charge is -2.21. The molecule has 1 fully saturated rings. The molecule has 1 aliphatic rings. The maximum Gasteiger partial charge on any atom is 0.320 e. The number of carbonyl (C=O) groups is 1. The number of hydrogen-bond donors (Lipinski definition) is 2. The van der Waals surface area contributed by atoms with Crippen LogP contribution in [-0.2, 0) is 16.1 Å². The fourth-order valence-corrected chi connectivity index (χ4v) is 4.50. The first-order valence-corrected chi connectivity index (χ1v) is 11.6. The summed E-state index contributed by atoms with van der Waals surface area (Å²) in [6.45, 7) is 5.46. The predicted octanol–water partition coefficient (Wildman–Crippen LogP) is 3.56. The quantitative estimate of drug-likeness (QED) is 0.507. The fourth-order valence-electron chi connectivity index (χ4n) is 4.50. The van der Waals surface area contributed by atoms with Gasteiger partial charge in [0.1, 0.15) is 5.82 Å². The van der Waals surface area contributed by atoms with Gasteiger partial charge in [-0.3, -0.25) is 10.2 Å². The Morgan fingerprint density at radius 2 is 1.74 bits per heavy atom. The van der Waals surface area contributed by atoms with Crippen molar-refractivity contribution in [2.45, 2.75) is 25.5 Å². The Hall–Kier alpha value is -3.20. The van der Waals surface area contributed by atoms with Crippen molar-refractivity contribution in [3.05, 3.63) is 77.5 Å². The maximum atomic E-state index is 13.2. The summed E-state index contributed by atoms with van der Waals surface area (Å²) in [5.41, 5.74) is 3.77. The number of likely N-dealkylation sites (tertiary alicyclic amines) is 1. The SMILES string of the molecule is COCCN1C[C@@H](NC(=O)Nc2c(C)c(COC)nn2-c2ccccc2)[C@H](c2ccccc2)C1. The van der Waals surface area contributed by atoms with Crippen LogP contribution < -0.4 is 10.6 Å². The molecule has 4 rings (SSSR count). The number of carbonyl (C=O) groups excluding carboxylic acids is 1. The molecule has 1 aliphatic heterocycles. The minimum Gasteiger partial charge on any atom is -0.383 e. The lowest BCUT2D eigenvalue weighted by molar-refractivity contribution is 0.159. The molecule has 8 nitrogen and oxygen atoms in total. The van der Waals surface area contributed by atoms with E-state index in [1.54, 1.807) is 18.9 Å². The van der Waals surface area contributed by atoms with Gasteiger partial charge in [0.05, 0.1) is 30.6 Å². The number of hydrogen-bond acceptors (Lipinski definition) is 5. The van der Waals surface area contributed by atoms with Gasteiger partial charge in [0.2, 0.25) is 0 Å². The third kappa shape index (κ3) is 5.47. The lowest BCUT2D eigenvalue weighted by Crippen LogP contribution is -2.42. The molecule has 2 amide bonds. The van der Waals surface area contributed by atoms with Gasteiger partial charge in [-0.2, -0.15) is 5.10 Å². The number of aromatic nitrogens is 2. The number of benzene rings is 2. The second kappa shape index (κ2) is 11.3. The van der Waals surface area contributed by atoms with Crippen LogP contribution in [0.4, 0.5) is 10.6 Å². The number of urea groups is 1. The highest BCUT2D eigenvalue weighted by Gasteiger charge is 2.34. The van der Waals surface area contributed by atoms with Crippen LogP contribution in [0.5, 0.6) is 0 Å². The van der Waals surface area contributed by atoms with Crippen LogP contribution in [0.15, 0.2) is 60.7 Å². The van der Waals surface area contributed by atoms with Gasteiger partial charge >= 0.3 is 6.03 Å². The molecule has 180 valence electrons. The predicted molar refractivity (Wildman–Crippen MR) is 132 cm³/mol. The molecule has 2 N–H and O–H groups in total. The van der Waals surface area contributed by atoms with E-state index in [-0.39, 0.29) is 18.0 Å². The number of ether oxygens (including phenoxy) is 2. The molecule has 0 unspecified atom stereocenters. The van der Waals surface area contributed by atoms with E-state index in [9.17, 15) is 4.79 Å². The Balaban J connectivity index is 1.54. The summed E-state index contributed by atoms with van der Waals surface area (Å²) >= 11 is 0. The molecule has 0 bridgehead atoms. The molecule has 8 heteroatoms. The fraction of sp³-hybridized carbons (Fsp3) is 0.385. The highest BCUT2D eigenvalue weighted by atomic mass is 16.5. The Labute approximate surface area is 200 Å². The van der Waals surface area contributed by atoms with Crippen LogP contribution in [0, 0.1) is 6.92 Å². The molecular formula is C26H33N5O3. The average Bonchev–Trinajstić information content (AvgIpc) is 3.40. The lowest BCUT2D eigenvalue weighted by atomic mass is 9.94. The van der Waals surface area contributed by atoms with Crippen LogP contribution in [0.3, 0.4) is 0 Å². The van der Waals surface area contributed by atoms with Crippen molar-refractivity contribution in [2.75, 3.05) is 45.8 Å². The number of amides is 2. The molecule has 0 radical (unpaired) electrons. The maximum absolute atomic E-state index is 13.2. The van der Waals surface area contributed by atoms with Crippen LogP contribution in [0.1, 0.15) is 22.7 Å². The second-order valence-electron chi connectivity index (χ2n) is 8.58. The molecule has 1 saturated heterocycles. The third-order valence-corrected chi connectivity index (χ3v) is 6.29. The van der Waals surface area contributed by atoms with Crippen molar-refractivity contribution < 1.29 is 14.3 Å². The van der Waals surface area contributed by atoms with Crippen LogP contribution in [-0.4, -0.2) is 67.2 Å². The first-order chi connectivity index (χ1) is 16.6. The number of nitrogens with one attached hydrogen (secondary N) is 2. The standard InChI is InChI=1S/C26H33N5O3/c1-19-24(18-34-3)29-31(21-12-8-5-9-13-21)25(19)28-26(32)27-23-17-30(14-15-33-2)16-22(23)20-10-6-4-7-11-20/h4-13,22-23H,14-18H2,1-3H3,(H2,27,28,32)/t22-,23+/m0/s1. The van der Waals surface area contributed by atoms with Crippen LogP contribution >= 0.6 is 0 Å². The smallest absolute Gasteiger partial charge is 0.320 e. The normalized spacial score (nSPS) is 18.2. The van der Waals surface area contributed by atoms with Crippen molar-refractivity contribution in [2.24, 2.45) is 0 Å². The minimum atomic E-state index is -0.247. The van der Waals surface area contributed by atoms with Gasteiger partial charge in [-0.1, -0.05) is 48.5 Å². The summed E-state index contributed by atoms with van der Waals surface area (Å²) in [4.78, 5) is 15.6. The monoisotopic (exact) mass is 463 g/mol. The van der Waals surface area contributed by atoms with E-state index in [1.807, 2.05) is 55.5 Å². The van der Waals surface area contributed by atoms with E-state index in [0.717, 1.165) is 36.6 Å². The molecule has 34 heavy (non-hydrogen) atoms. The van der Waals surface area contributed by atoms with Gasteiger partial charge in [0.25, 0.3) is 0 Å². The van der Waals surface area contributed by atoms with E-state index in [0.29, 0.717) is 19.0 Å². The third-order valence-electron chi connectivity index (χ3n) is 6.29. The molecule has 3 aromatic rings. The highest BCUT2D eigenvalue weighted by molar-refractivity contribution is 5.90. The minimum absolute atomic E-state index is 0.0221. The first-order valence-electron chi connectivity index (χ1n) is 11.6. The molecule has 2 atom stereocenters. The van der Waals surface area contributed by atoms with Gasteiger partial charge in [-0.05, 0) is 24.6 Å². The summed E-state index contributed by atoms with van der Waals surface area (Å²) in [7, 11) is 3.35.